The normalized spacial score (nSPS) is 15.0. The summed E-state index contributed by atoms with van der Waals surface area (Å²) in [7, 11) is 4.84. The van der Waals surface area contributed by atoms with E-state index in [-0.39, 0.29) is 5.91 Å². The molecule has 3 aromatic rings. The fourth-order valence-electron chi connectivity index (χ4n) is 3.55. The van der Waals surface area contributed by atoms with E-state index >= 15 is 0 Å². The SMILES string of the molecule is COc1ccc(CN2C(=O)c3cccnc3[C@@H]2Nc2cc(OC)ccc2OC)cc1. The van der Waals surface area contributed by atoms with Crippen LogP contribution >= 0.6 is 0 Å². The number of anilines is 1. The Bertz CT molecular complexity index is 1050. The van der Waals surface area contributed by atoms with Crippen LogP contribution in [0.3, 0.4) is 0 Å². The molecule has 1 aliphatic rings. The van der Waals surface area contributed by atoms with Gasteiger partial charge in [0.2, 0.25) is 0 Å². The fraction of sp³-hybridized carbons (Fsp3) is 0.217. The van der Waals surface area contributed by atoms with Gasteiger partial charge in [-0.2, -0.15) is 0 Å². The molecule has 0 saturated carbocycles. The van der Waals surface area contributed by atoms with E-state index in [9.17, 15) is 4.79 Å². The number of nitrogens with zero attached hydrogens (tertiary/aromatic N) is 2. The number of pyridine rings is 1. The van der Waals surface area contributed by atoms with Gasteiger partial charge in [0.15, 0.2) is 0 Å². The van der Waals surface area contributed by atoms with Crippen molar-refractivity contribution >= 4 is 11.6 Å². The molecular formula is C23H23N3O4. The number of nitrogens with one attached hydrogen (secondary N) is 1. The van der Waals surface area contributed by atoms with Crippen LogP contribution in [0.5, 0.6) is 17.2 Å². The Kier molecular flexibility index (Phi) is 5.43. The largest absolute Gasteiger partial charge is 0.497 e. The van der Waals surface area contributed by atoms with Gasteiger partial charge in [0.05, 0.1) is 38.3 Å². The maximum Gasteiger partial charge on any atom is 0.258 e. The maximum atomic E-state index is 13.2. The van der Waals surface area contributed by atoms with Crippen molar-refractivity contribution in [1.82, 2.24) is 9.88 Å². The van der Waals surface area contributed by atoms with E-state index in [1.54, 1.807) is 44.6 Å². The number of rotatable bonds is 7. The summed E-state index contributed by atoms with van der Waals surface area (Å²) in [6.07, 6.45) is 1.25. The Morgan fingerprint density at radius 3 is 2.40 bits per heavy atom. The van der Waals surface area contributed by atoms with Crippen molar-refractivity contribution < 1.29 is 19.0 Å². The third-order valence-corrected chi connectivity index (χ3v) is 5.11. The first kappa shape index (κ1) is 19.6. The molecule has 0 bridgehead atoms. The van der Waals surface area contributed by atoms with Crippen LogP contribution in [0.4, 0.5) is 5.69 Å². The van der Waals surface area contributed by atoms with Crippen molar-refractivity contribution in [2.75, 3.05) is 26.6 Å². The quantitative estimate of drug-likeness (QED) is 0.643. The molecule has 154 valence electrons. The molecule has 0 unspecified atom stereocenters. The summed E-state index contributed by atoms with van der Waals surface area (Å²) in [5.41, 5.74) is 2.97. The lowest BCUT2D eigenvalue weighted by molar-refractivity contribution is 0.0727. The molecule has 1 N–H and O–H groups in total. The number of benzene rings is 2. The van der Waals surface area contributed by atoms with Crippen LogP contribution in [0.25, 0.3) is 0 Å². The van der Waals surface area contributed by atoms with E-state index in [4.69, 9.17) is 14.2 Å². The molecular weight excluding hydrogens is 382 g/mol. The molecule has 1 amide bonds. The second-order valence-corrected chi connectivity index (χ2v) is 6.83. The van der Waals surface area contributed by atoms with Gasteiger partial charge in [-0.1, -0.05) is 12.1 Å². The topological polar surface area (TPSA) is 72.9 Å². The second kappa shape index (κ2) is 8.32. The van der Waals surface area contributed by atoms with E-state index in [1.165, 1.54) is 0 Å². The van der Waals surface area contributed by atoms with Crippen molar-refractivity contribution in [1.29, 1.82) is 0 Å². The van der Waals surface area contributed by atoms with Gasteiger partial charge in [0.1, 0.15) is 23.4 Å². The lowest BCUT2D eigenvalue weighted by Gasteiger charge is -2.27. The number of hydrogen-bond donors (Lipinski definition) is 1. The minimum Gasteiger partial charge on any atom is -0.497 e. The molecule has 0 fully saturated rings. The number of fused-ring (bicyclic) bond motifs is 1. The molecule has 0 radical (unpaired) electrons. The number of ether oxygens (including phenoxy) is 3. The predicted octanol–water partition coefficient (Wildman–Crippen LogP) is 3.87. The summed E-state index contributed by atoms with van der Waals surface area (Å²) in [5, 5.41) is 3.43. The molecule has 7 nitrogen and oxygen atoms in total. The first-order chi connectivity index (χ1) is 14.6. The van der Waals surface area contributed by atoms with Crippen LogP contribution < -0.4 is 19.5 Å². The van der Waals surface area contributed by atoms with E-state index in [0.29, 0.717) is 35.0 Å². The van der Waals surface area contributed by atoms with E-state index < -0.39 is 6.17 Å². The minimum absolute atomic E-state index is 0.0757. The molecule has 0 saturated heterocycles. The molecule has 0 spiro atoms. The summed E-state index contributed by atoms with van der Waals surface area (Å²) in [4.78, 5) is 19.4. The predicted molar refractivity (Wildman–Crippen MR) is 113 cm³/mol. The molecule has 4 rings (SSSR count). The monoisotopic (exact) mass is 405 g/mol. The highest BCUT2D eigenvalue weighted by molar-refractivity contribution is 5.99. The average Bonchev–Trinajstić information content (AvgIpc) is 3.05. The van der Waals surface area contributed by atoms with Gasteiger partial charge >= 0.3 is 0 Å². The van der Waals surface area contributed by atoms with E-state index in [1.807, 2.05) is 42.5 Å². The van der Waals surface area contributed by atoms with Gasteiger partial charge in [0, 0.05) is 18.8 Å². The summed E-state index contributed by atoms with van der Waals surface area (Å²) in [5.74, 6) is 2.03. The standard InChI is InChI=1S/C23H23N3O4/c1-28-16-8-6-15(7-9-16)14-26-22(21-18(23(26)27)5-4-12-24-21)25-19-13-17(29-2)10-11-20(19)30-3/h4-13,22,25H,14H2,1-3H3/t22-/m1/s1. The molecule has 30 heavy (non-hydrogen) atoms. The summed E-state index contributed by atoms with van der Waals surface area (Å²) in [6.45, 7) is 0.420. The van der Waals surface area contributed by atoms with Crippen LogP contribution in [-0.4, -0.2) is 37.1 Å². The van der Waals surface area contributed by atoms with Crippen LogP contribution in [0.2, 0.25) is 0 Å². The Morgan fingerprint density at radius 2 is 1.70 bits per heavy atom. The van der Waals surface area contributed by atoms with Crippen molar-refractivity contribution in [2.45, 2.75) is 12.7 Å². The molecule has 1 aliphatic heterocycles. The number of carbonyl (C=O) groups excluding carboxylic acids is 1. The highest BCUT2D eigenvalue weighted by Crippen LogP contribution is 2.38. The molecule has 1 atom stereocenters. The molecule has 1 aromatic heterocycles. The van der Waals surface area contributed by atoms with Crippen molar-refractivity contribution in [2.24, 2.45) is 0 Å². The maximum absolute atomic E-state index is 13.2. The lowest BCUT2D eigenvalue weighted by Crippen LogP contribution is -2.32. The van der Waals surface area contributed by atoms with Crippen LogP contribution in [0, 0.1) is 0 Å². The summed E-state index contributed by atoms with van der Waals surface area (Å²) in [6, 6.07) is 16.7. The third-order valence-electron chi connectivity index (χ3n) is 5.11. The number of carbonyl (C=O) groups is 1. The van der Waals surface area contributed by atoms with Gasteiger partial charge in [0.25, 0.3) is 5.91 Å². The van der Waals surface area contributed by atoms with Crippen LogP contribution in [0.15, 0.2) is 60.8 Å². The average molecular weight is 405 g/mol. The zero-order chi connectivity index (χ0) is 21.1. The molecule has 2 aromatic carbocycles. The Labute approximate surface area is 175 Å². The fourth-order valence-corrected chi connectivity index (χ4v) is 3.55. The number of methoxy groups -OCH3 is 3. The smallest absolute Gasteiger partial charge is 0.258 e. The number of aromatic nitrogens is 1. The highest BCUT2D eigenvalue weighted by Gasteiger charge is 2.38. The lowest BCUT2D eigenvalue weighted by atomic mass is 10.2. The zero-order valence-electron chi connectivity index (χ0n) is 17.1. The van der Waals surface area contributed by atoms with Gasteiger partial charge in [-0.3, -0.25) is 9.78 Å². The minimum atomic E-state index is -0.447. The third kappa shape index (κ3) is 3.61. The molecule has 7 heteroatoms. The summed E-state index contributed by atoms with van der Waals surface area (Å²) >= 11 is 0. The van der Waals surface area contributed by atoms with Crippen molar-refractivity contribution in [3.63, 3.8) is 0 Å². The van der Waals surface area contributed by atoms with Gasteiger partial charge in [-0.15, -0.1) is 0 Å². The van der Waals surface area contributed by atoms with Crippen LogP contribution in [0.1, 0.15) is 27.8 Å². The molecule has 0 aliphatic carbocycles. The Balaban J connectivity index is 1.69. The first-order valence-corrected chi connectivity index (χ1v) is 9.52. The number of amides is 1. The Hall–Kier alpha value is -3.74. The van der Waals surface area contributed by atoms with Gasteiger partial charge in [-0.05, 0) is 42.0 Å². The Morgan fingerprint density at radius 1 is 0.967 bits per heavy atom. The van der Waals surface area contributed by atoms with E-state index in [2.05, 4.69) is 10.3 Å². The van der Waals surface area contributed by atoms with Crippen LogP contribution in [-0.2, 0) is 6.54 Å². The first-order valence-electron chi connectivity index (χ1n) is 9.52. The zero-order valence-corrected chi connectivity index (χ0v) is 17.1. The number of hydrogen-bond acceptors (Lipinski definition) is 6. The van der Waals surface area contributed by atoms with E-state index in [0.717, 1.165) is 11.3 Å². The summed E-state index contributed by atoms with van der Waals surface area (Å²) < 4.78 is 16.1. The van der Waals surface area contributed by atoms with Gasteiger partial charge in [-0.25, -0.2) is 0 Å². The van der Waals surface area contributed by atoms with Crippen molar-refractivity contribution in [3.05, 3.63) is 77.6 Å². The highest BCUT2D eigenvalue weighted by atomic mass is 16.5. The second-order valence-electron chi connectivity index (χ2n) is 6.83. The van der Waals surface area contributed by atoms with Gasteiger partial charge < -0.3 is 24.4 Å². The molecule has 2 heterocycles. The van der Waals surface area contributed by atoms with Crippen molar-refractivity contribution in [3.8, 4) is 17.2 Å².